The number of halogens is 1. The average molecular weight is 317 g/mol. The van der Waals surface area contributed by atoms with E-state index < -0.39 is 17.7 Å². The van der Waals surface area contributed by atoms with Gasteiger partial charge in [-0.05, 0) is 48.8 Å². The molecule has 1 amide bonds. The standard InChI is InChI=1S/C12H17BrN2O3/c1-12(2,3)18-11(17)15-10(7-16)9-5-4-8(13)6-14-9/h4-6,10,16H,7H2,1-3H3,(H,15,17). The Labute approximate surface area is 115 Å². The quantitative estimate of drug-likeness (QED) is 0.898. The number of alkyl carbamates (subject to hydrolysis) is 1. The van der Waals surface area contributed by atoms with Crippen LogP contribution in [0, 0.1) is 0 Å². The van der Waals surface area contributed by atoms with E-state index >= 15 is 0 Å². The van der Waals surface area contributed by atoms with E-state index in [2.05, 4.69) is 26.2 Å². The maximum absolute atomic E-state index is 11.6. The van der Waals surface area contributed by atoms with Gasteiger partial charge in [-0.15, -0.1) is 0 Å². The van der Waals surface area contributed by atoms with E-state index in [0.29, 0.717) is 5.69 Å². The Bertz CT molecular complexity index is 401. The Kier molecular flexibility index (Phi) is 5.10. The molecule has 0 fully saturated rings. The van der Waals surface area contributed by atoms with Crippen molar-refractivity contribution in [3.63, 3.8) is 0 Å². The lowest BCUT2D eigenvalue weighted by molar-refractivity contribution is 0.0480. The molecule has 5 nitrogen and oxygen atoms in total. The van der Waals surface area contributed by atoms with Gasteiger partial charge < -0.3 is 15.2 Å². The summed E-state index contributed by atoms with van der Waals surface area (Å²) in [5.41, 5.74) is 0.00333. The van der Waals surface area contributed by atoms with Gasteiger partial charge in [0, 0.05) is 10.7 Å². The highest BCUT2D eigenvalue weighted by Crippen LogP contribution is 2.14. The van der Waals surface area contributed by atoms with Gasteiger partial charge in [0.05, 0.1) is 18.3 Å². The van der Waals surface area contributed by atoms with Gasteiger partial charge in [-0.25, -0.2) is 4.79 Å². The number of rotatable bonds is 3. The van der Waals surface area contributed by atoms with Crippen LogP contribution in [0.25, 0.3) is 0 Å². The number of hydrogen-bond acceptors (Lipinski definition) is 4. The number of ether oxygens (including phenoxy) is 1. The van der Waals surface area contributed by atoms with Crippen LogP contribution in [0.4, 0.5) is 4.79 Å². The first kappa shape index (κ1) is 14.9. The van der Waals surface area contributed by atoms with Crippen LogP contribution >= 0.6 is 15.9 Å². The predicted octanol–water partition coefficient (Wildman–Crippen LogP) is 2.40. The molecule has 0 aliphatic carbocycles. The van der Waals surface area contributed by atoms with Gasteiger partial charge >= 0.3 is 6.09 Å². The third-order valence-corrected chi connectivity index (χ3v) is 2.45. The molecule has 2 N–H and O–H groups in total. The third-order valence-electron chi connectivity index (χ3n) is 1.98. The average Bonchev–Trinajstić information content (AvgIpc) is 2.25. The molecule has 1 unspecified atom stereocenters. The highest BCUT2D eigenvalue weighted by molar-refractivity contribution is 9.10. The van der Waals surface area contributed by atoms with Crippen molar-refractivity contribution in [1.82, 2.24) is 10.3 Å². The zero-order chi connectivity index (χ0) is 13.8. The first-order valence-electron chi connectivity index (χ1n) is 5.53. The summed E-state index contributed by atoms with van der Waals surface area (Å²) in [4.78, 5) is 15.7. The number of pyridine rings is 1. The number of nitrogens with one attached hydrogen (secondary N) is 1. The molecule has 1 aromatic heterocycles. The van der Waals surface area contributed by atoms with Crippen molar-refractivity contribution in [3.05, 3.63) is 28.5 Å². The molecule has 100 valence electrons. The van der Waals surface area contributed by atoms with E-state index in [1.807, 2.05) is 0 Å². The highest BCUT2D eigenvalue weighted by Gasteiger charge is 2.20. The second-order valence-corrected chi connectivity index (χ2v) is 5.70. The number of amides is 1. The highest BCUT2D eigenvalue weighted by atomic mass is 79.9. The van der Waals surface area contributed by atoms with E-state index in [-0.39, 0.29) is 6.61 Å². The zero-order valence-corrected chi connectivity index (χ0v) is 12.2. The molecule has 0 aromatic carbocycles. The van der Waals surface area contributed by atoms with Crippen molar-refractivity contribution in [2.45, 2.75) is 32.4 Å². The third kappa shape index (κ3) is 5.01. The number of aliphatic hydroxyl groups excluding tert-OH is 1. The minimum absolute atomic E-state index is 0.242. The Morgan fingerprint density at radius 1 is 1.56 bits per heavy atom. The van der Waals surface area contributed by atoms with Crippen LogP contribution in [0.1, 0.15) is 32.5 Å². The molecular weight excluding hydrogens is 300 g/mol. The van der Waals surface area contributed by atoms with Crippen LogP contribution in [0.3, 0.4) is 0 Å². The summed E-state index contributed by atoms with van der Waals surface area (Å²) in [5, 5.41) is 11.8. The molecule has 0 bridgehead atoms. The predicted molar refractivity (Wildman–Crippen MR) is 71.1 cm³/mol. The topological polar surface area (TPSA) is 71.5 Å². The van der Waals surface area contributed by atoms with Gasteiger partial charge in [-0.1, -0.05) is 0 Å². The molecule has 1 rings (SSSR count). The molecule has 1 atom stereocenters. The lowest BCUT2D eigenvalue weighted by atomic mass is 10.2. The van der Waals surface area contributed by atoms with E-state index in [1.165, 1.54) is 0 Å². The fourth-order valence-corrected chi connectivity index (χ4v) is 1.49. The normalized spacial score (nSPS) is 12.9. The molecule has 0 spiro atoms. The molecule has 1 aromatic rings. The molecule has 0 radical (unpaired) electrons. The maximum Gasteiger partial charge on any atom is 0.408 e. The zero-order valence-electron chi connectivity index (χ0n) is 10.6. The summed E-state index contributed by atoms with van der Waals surface area (Å²) < 4.78 is 5.95. The lowest BCUT2D eigenvalue weighted by Crippen LogP contribution is -2.36. The van der Waals surface area contributed by atoms with Crippen LogP contribution < -0.4 is 5.32 Å². The summed E-state index contributed by atoms with van der Waals surface area (Å²) in [6.45, 7) is 5.09. The van der Waals surface area contributed by atoms with Crippen molar-refractivity contribution in [1.29, 1.82) is 0 Å². The van der Waals surface area contributed by atoms with Crippen molar-refractivity contribution in [2.24, 2.45) is 0 Å². The largest absolute Gasteiger partial charge is 0.444 e. The van der Waals surface area contributed by atoms with Crippen LogP contribution in [-0.4, -0.2) is 28.4 Å². The number of hydrogen-bond donors (Lipinski definition) is 2. The van der Waals surface area contributed by atoms with Crippen LogP contribution in [0.15, 0.2) is 22.8 Å². The van der Waals surface area contributed by atoms with Crippen LogP contribution in [-0.2, 0) is 4.74 Å². The Morgan fingerprint density at radius 3 is 2.67 bits per heavy atom. The van der Waals surface area contributed by atoms with Crippen LogP contribution in [0.2, 0.25) is 0 Å². The number of nitrogens with zero attached hydrogens (tertiary/aromatic N) is 1. The lowest BCUT2D eigenvalue weighted by Gasteiger charge is -2.22. The second-order valence-electron chi connectivity index (χ2n) is 4.78. The maximum atomic E-state index is 11.6. The van der Waals surface area contributed by atoms with Gasteiger partial charge in [0.2, 0.25) is 0 Å². The summed E-state index contributed by atoms with van der Waals surface area (Å²) in [6, 6.07) is 2.94. The minimum atomic E-state index is -0.578. The van der Waals surface area contributed by atoms with Crippen molar-refractivity contribution in [3.8, 4) is 0 Å². The van der Waals surface area contributed by atoms with Gasteiger partial charge in [0.25, 0.3) is 0 Å². The van der Waals surface area contributed by atoms with Gasteiger partial charge in [0.1, 0.15) is 5.60 Å². The molecule has 6 heteroatoms. The number of carbonyl (C=O) groups is 1. The Hall–Kier alpha value is -1.14. The monoisotopic (exact) mass is 316 g/mol. The first-order chi connectivity index (χ1) is 8.31. The van der Waals surface area contributed by atoms with Gasteiger partial charge in [-0.2, -0.15) is 0 Å². The van der Waals surface area contributed by atoms with Crippen molar-refractivity contribution >= 4 is 22.0 Å². The van der Waals surface area contributed by atoms with E-state index in [1.54, 1.807) is 39.1 Å². The molecule has 0 aliphatic rings. The van der Waals surface area contributed by atoms with Crippen molar-refractivity contribution in [2.75, 3.05) is 6.61 Å². The van der Waals surface area contributed by atoms with E-state index in [0.717, 1.165) is 4.47 Å². The first-order valence-corrected chi connectivity index (χ1v) is 6.33. The van der Waals surface area contributed by atoms with Crippen molar-refractivity contribution < 1.29 is 14.6 Å². The summed E-state index contributed by atoms with van der Waals surface area (Å²) in [6.07, 6.45) is 1.03. The number of aromatic nitrogens is 1. The summed E-state index contributed by atoms with van der Waals surface area (Å²) in [5.74, 6) is 0. The fraction of sp³-hybridized carbons (Fsp3) is 0.500. The smallest absolute Gasteiger partial charge is 0.408 e. The Balaban J connectivity index is 2.68. The number of carbonyl (C=O) groups excluding carboxylic acids is 1. The summed E-state index contributed by atoms with van der Waals surface area (Å²) in [7, 11) is 0. The SMILES string of the molecule is CC(C)(C)OC(=O)NC(CO)c1ccc(Br)cn1. The van der Waals surface area contributed by atoms with Gasteiger partial charge in [-0.3, -0.25) is 4.98 Å². The van der Waals surface area contributed by atoms with Gasteiger partial charge in [0.15, 0.2) is 0 Å². The molecule has 1 heterocycles. The molecular formula is C12H17BrN2O3. The number of aliphatic hydroxyl groups is 1. The molecule has 0 saturated carbocycles. The summed E-state index contributed by atoms with van der Waals surface area (Å²) >= 11 is 3.27. The minimum Gasteiger partial charge on any atom is -0.444 e. The van der Waals surface area contributed by atoms with E-state index in [4.69, 9.17) is 4.74 Å². The Morgan fingerprint density at radius 2 is 2.22 bits per heavy atom. The van der Waals surface area contributed by atoms with Crippen LogP contribution in [0.5, 0.6) is 0 Å². The fourth-order valence-electron chi connectivity index (χ4n) is 1.26. The molecule has 0 saturated heterocycles. The van der Waals surface area contributed by atoms with E-state index in [9.17, 15) is 9.90 Å². The molecule has 18 heavy (non-hydrogen) atoms. The molecule has 0 aliphatic heterocycles. The second kappa shape index (κ2) is 6.15.